The van der Waals surface area contributed by atoms with Crippen molar-refractivity contribution in [2.24, 2.45) is 0 Å². The van der Waals surface area contributed by atoms with Crippen molar-refractivity contribution in [2.75, 3.05) is 0 Å². The van der Waals surface area contributed by atoms with Crippen LogP contribution >= 0.6 is 0 Å². The van der Waals surface area contributed by atoms with Gasteiger partial charge in [0.05, 0.1) is 0 Å². The van der Waals surface area contributed by atoms with Crippen LogP contribution in [-0.2, 0) is 0 Å². The number of hydrogen-bond acceptors (Lipinski definition) is 3. The van der Waals surface area contributed by atoms with Crippen LogP contribution < -0.4 is 0 Å². The van der Waals surface area contributed by atoms with Gasteiger partial charge in [-0.15, -0.1) is 0 Å². The Labute approximate surface area is 104 Å². The van der Waals surface area contributed by atoms with Gasteiger partial charge in [0.15, 0.2) is 17.4 Å². The van der Waals surface area contributed by atoms with E-state index in [1.165, 1.54) is 0 Å². The molecule has 0 spiro atoms. The predicted octanol–water partition coefficient (Wildman–Crippen LogP) is 3.43. The summed E-state index contributed by atoms with van der Waals surface area (Å²) in [6, 6.07) is 7.47. The van der Waals surface area contributed by atoms with Crippen LogP contribution in [0.15, 0.2) is 35.3 Å². The first-order chi connectivity index (χ1) is 8.75. The molecule has 1 aromatic heterocycles. The van der Waals surface area contributed by atoms with Crippen molar-refractivity contribution >= 4 is 11.4 Å². The number of Topliss-reactive ketones (excluding diaryl/α,β-unsaturated/α-hetero) is 1. The zero-order valence-corrected chi connectivity index (χ0v) is 9.77. The Hall–Kier alpha value is -2.16. The number of carbonyl (C=O) groups is 1. The molecule has 1 aromatic carbocycles. The van der Waals surface area contributed by atoms with E-state index in [2.05, 4.69) is 11.6 Å². The van der Waals surface area contributed by atoms with Crippen LogP contribution in [0.25, 0.3) is 16.9 Å². The van der Waals surface area contributed by atoms with Gasteiger partial charge in [0.25, 0.3) is 0 Å². The highest BCUT2D eigenvalue weighted by atomic mass is 16.4. The second-order valence-corrected chi connectivity index (χ2v) is 4.86. The van der Waals surface area contributed by atoms with Crippen LogP contribution in [0, 0.1) is 0 Å². The van der Waals surface area contributed by atoms with Gasteiger partial charge in [-0.05, 0) is 12.8 Å². The highest BCUT2D eigenvalue weighted by molar-refractivity contribution is 6.32. The summed E-state index contributed by atoms with van der Waals surface area (Å²) in [6.07, 6.45) is 2.25. The Balaban J connectivity index is 2.00. The van der Waals surface area contributed by atoms with Crippen LogP contribution in [0.2, 0.25) is 0 Å². The van der Waals surface area contributed by atoms with Crippen molar-refractivity contribution in [3.05, 3.63) is 48.0 Å². The van der Waals surface area contributed by atoms with Crippen molar-refractivity contribution in [1.29, 1.82) is 0 Å². The van der Waals surface area contributed by atoms with E-state index in [4.69, 9.17) is 4.42 Å². The lowest BCUT2D eigenvalue weighted by Crippen LogP contribution is -2.09. The molecule has 0 atom stereocenters. The van der Waals surface area contributed by atoms with E-state index in [0.717, 1.165) is 24.3 Å². The van der Waals surface area contributed by atoms with Crippen LogP contribution in [0.3, 0.4) is 0 Å². The lowest BCUT2D eigenvalue weighted by atomic mass is 9.89. The Morgan fingerprint density at radius 2 is 1.94 bits per heavy atom. The molecule has 0 unspecified atom stereocenters. The number of fused-ring (bicyclic) bond motifs is 3. The molecule has 0 bridgehead atoms. The molecule has 1 saturated carbocycles. The zero-order chi connectivity index (χ0) is 12.3. The third-order valence-electron chi connectivity index (χ3n) is 3.55. The van der Waals surface area contributed by atoms with Gasteiger partial charge in [-0.3, -0.25) is 4.79 Å². The maximum Gasteiger partial charge on any atom is 0.198 e. The number of allylic oxidation sites excluding steroid dienone is 1. The fourth-order valence-corrected chi connectivity index (χ4v) is 2.38. The second-order valence-electron chi connectivity index (χ2n) is 4.86. The molecule has 0 amide bonds. The Morgan fingerprint density at radius 1 is 1.22 bits per heavy atom. The van der Waals surface area contributed by atoms with Crippen molar-refractivity contribution in [2.45, 2.75) is 18.8 Å². The maximum absolute atomic E-state index is 12.2. The fraction of sp³-hybridized carbons (Fsp3) is 0.200. The average Bonchev–Trinajstić information content (AvgIpc) is 3.15. The van der Waals surface area contributed by atoms with E-state index in [9.17, 15) is 4.79 Å². The first kappa shape index (κ1) is 9.83. The van der Waals surface area contributed by atoms with Gasteiger partial charge in [-0.25, -0.2) is 4.98 Å². The topological polar surface area (TPSA) is 43.1 Å². The normalized spacial score (nSPS) is 17.6. The molecule has 1 fully saturated rings. The number of hydrogen-bond donors (Lipinski definition) is 0. The average molecular weight is 237 g/mol. The van der Waals surface area contributed by atoms with Crippen LogP contribution in [0.4, 0.5) is 0 Å². The number of aromatic nitrogens is 1. The Morgan fingerprint density at radius 3 is 2.67 bits per heavy atom. The van der Waals surface area contributed by atoms with E-state index in [1.54, 1.807) is 0 Å². The largest absolute Gasteiger partial charge is 0.440 e. The molecule has 1 heterocycles. The van der Waals surface area contributed by atoms with Crippen molar-refractivity contribution in [1.82, 2.24) is 4.98 Å². The van der Waals surface area contributed by atoms with Crippen molar-refractivity contribution in [3.8, 4) is 11.3 Å². The predicted molar refractivity (Wildman–Crippen MR) is 67.3 cm³/mol. The van der Waals surface area contributed by atoms with E-state index in [-0.39, 0.29) is 5.78 Å². The van der Waals surface area contributed by atoms with Gasteiger partial charge in [0.1, 0.15) is 5.69 Å². The molecule has 2 aliphatic rings. The van der Waals surface area contributed by atoms with Crippen LogP contribution in [-0.4, -0.2) is 10.8 Å². The molecule has 0 N–H and O–H groups in total. The van der Waals surface area contributed by atoms with Gasteiger partial charge in [-0.2, -0.15) is 0 Å². The van der Waals surface area contributed by atoms with Gasteiger partial charge in [0.2, 0.25) is 0 Å². The lowest BCUT2D eigenvalue weighted by molar-refractivity contribution is 0.105. The molecule has 88 valence electrons. The van der Waals surface area contributed by atoms with Crippen LogP contribution in [0.1, 0.15) is 40.7 Å². The fourth-order valence-electron chi connectivity index (χ4n) is 2.38. The van der Waals surface area contributed by atoms with Gasteiger partial charge >= 0.3 is 0 Å². The molecule has 0 radical (unpaired) electrons. The summed E-state index contributed by atoms with van der Waals surface area (Å²) in [4.78, 5) is 16.6. The maximum atomic E-state index is 12.2. The van der Waals surface area contributed by atoms with E-state index in [0.29, 0.717) is 28.5 Å². The van der Waals surface area contributed by atoms with Gasteiger partial charge in [0, 0.05) is 22.6 Å². The molecular formula is C15H11NO2. The third-order valence-corrected chi connectivity index (χ3v) is 3.55. The molecule has 3 nitrogen and oxygen atoms in total. The number of oxazole rings is 1. The lowest BCUT2D eigenvalue weighted by Gasteiger charge is -2.13. The Kier molecular flexibility index (Phi) is 1.74. The first-order valence-corrected chi connectivity index (χ1v) is 6.10. The number of benzene rings is 1. The van der Waals surface area contributed by atoms with E-state index >= 15 is 0 Å². The second kappa shape index (κ2) is 3.19. The molecule has 2 aliphatic carbocycles. The molecular weight excluding hydrogens is 226 g/mol. The van der Waals surface area contributed by atoms with Gasteiger partial charge < -0.3 is 4.42 Å². The minimum Gasteiger partial charge on any atom is -0.440 e. The number of ketones is 1. The SMILES string of the molecule is C=C1C(=O)c2ccccc2-c2oc(C3CC3)nc21. The zero-order valence-electron chi connectivity index (χ0n) is 9.77. The summed E-state index contributed by atoms with van der Waals surface area (Å²) < 4.78 is 5.85. The van der Waals surface area contributed by atoms with E-state index in [1.807, 2.05) is 24.3 Å². The van der Waals surface area contributed by atoms with Crippen molar-refractivity contribution in [3.63, 3.8) is 0 Å². The van der Waals surface area contributed by atoms with Gasteiger partial charge in [-0.1, -0.05) is 30.8 Å². The number of nitrogens with zero attached hydrogens (tertiary/aromatic N) is 1. The minimum atomic E-state index is -0.0475. The summed E-state index contributed by atoms with van der Waals surface area (Å²) in [6.45, 7) is 3.86. The molecule has 0 aliphatic heterocycles. The summed E-state index contributed by atoms with van der Waals surface area (Å²) in [5.74, 6) is 1.85. The number of rotatable bonds is 1. The molecule has 3 heteroatoms. The number of carbonyl (C=O) groups excluding carboxylic acids is 1. The van der Waals surface area contributed by atoms with E-state index < -0.39 is 0 Å². The highest BCUT2D eigenvalue weighted by Gasteiger charge is 2.35. The molecule has 4 rings (SSSR count). The monoisotopic (exact) mass is 237 g/mol. The molecule has 18 heavy (non-hydrogen) atoms. The smallest absolute Gasteiger partial charge is 0.198 e. The molecule has 0 saturated heterocycles. The quantitative estimate of drug-likeness (QED) is 0.713. The summed E-state index contributed by atoms with van der Waals surface area (Å²) in [5.41, 5.74) is 2.57. The van der Waals surface area contributed by atoms with Crippen LogP contribution in [0.5, 0.6) is 0 Å². The first-order valence-electron chi connectivity index (χ1n) is 6.10. The summed E-state index contributed by atoms with van der Waals surface area (Å²) in [5, 5.41) is 0. The minimum absolute atomic E-state index is 0.0475. The van der Waals surface area contributed by atoms with Crippen molar-refractivity contribution < 1.29 is 9.21 Å². The molecule has 2 aromatic rings. The Bertz CT molecular complexity index is 692. The summed E-state index contributed by atoms with van der Waals surface area (Å²) in [7, 11) is 0. The summed E-state index contributed by atoms with van der Waals surface area (Å²) >= 11 is 0. The highest BCUT2D eigenvalue weighted by Crippen LogP contribution is 2.45. The standard InChI is InChI=1S/C15H11NO2/c1-8-12-14(18-15(16-12)9-6-7-9)11-5-3-2-4-10(11)13(8)17/h2-5,9H,1,6-7H2. The third kappa shape index (κ3) is 1.19.